The summed E-state index contributed by atoms with van der Waals surface area (Å²) in [6.45, 7) is 8.24. The van der Waals surface area contributed by atoms with E-state index in [1.807, 2.05) is 50.2 Å². The summed E-state index contributed by atoms with van der Waals surface area (Å²) in [5.41, 5.74) is 4.04. The number of carbonyl (C=O) groups is 2. The number of nitrogens with zero attached hydrogens (tertiary/aromatic N) is 2. The first-order chi connectivity index (χ1) is 15.9. The van der Waals surface area contributed by atoms with E-state index in [-0.39, 0.29) is 25.0 Å². The van der Waals surface area contributed by atoms with Crippen molar-refractivity contribution in [1.82, 2.24) is 9.80 Å². The van der Waals surface area contributed by atoms with Gasteiger partial charge in [-0.05, 0) is 68.0 Å². The fraction of sp³-hybridized carbons (Fsp3) is 0.407. The van der Waals surface area contributed by atoms with Gasteiger partial charge >= 0.3 is 0 Å². The lowest BCUT2D eigenvalue weighted by molar-refractivity contribution is -0.138. The van der Waals surface area contributed by atoms with Crippen molar-refractivity contribution >= 4 is 17.4 Å². The normalized spacial score (nSPS) is 18.8. The second-order valence-electron chi connectivity index (χ2n) is 9.02. The molecule has 2 heterocycles. The first-order valence-electron chi connectivity index (χ1n) is 11.6. The molecule has 2 aromatic carbocycles. The smallest absolute Gasteiger partial charge is 0.277 e. The summed E-state index contributed by atoms with van der Waals surface area (Å²) in [5.74, 6) is 1.44. The van der Waals surface area contributed by atoms with Crippen LogP contribution in [0.5, 0.6) is 11.5 Å². The lowest BCUT2D eigenvalue weighted by atomic mass is 9.95. The van der Waals surface area contributed by atoms with Crippen molar-refractivity contribution < 1.29 is 19.1 Å². The number of hydrogen-bond acceptors (Lipinski definition) is 5. The summed E-state index contributed by atoms with van der Waals surface area (Å²) in [6.07, 6.45) is 2.16. The zero-order chi connectivity index (χ0) is 23.5. The number of aryl methyl sites for hydroxylation is 2. The van der Waals surface area contributed by atoms with E-state index in [0.29, 0.717) is 22.9 Å². The summed E-state index contributed by atoms with van der Waals surface area (Å²) < 4.78 is 11.0. The van der Waals surface area contributed by atoms with Crippen LogP contribution in [0.3, 0.4) is 0 Å². The maximum atomic E-state index is 13.6. The molecule has 2 aliphatic heterocycles. The number of ether oxygens (including phenoxy) is 2. The minimum atomic E-state index is -0.237. The number of benzene rings is 2. The van der Waals surface area contributed by atoms with Crippen LogP contribution in [0.4, 0.5) is 0 Å². The molecule has 6 heteroatoms. The summed E-state index contributed by atoms with van der Waals surface area (Å²) >= 11 is 0. The second kappa shape index (κ2) is 9.69. The van der Waals surface area contributed by atoms with Gasteiger partial charge in [-0.15, -0.1) is 0 Å². The highest BCUT2D eigenvalue weighted by Crippen LogP contribution is 2.35. The number of amides is 2. The van der Waals surface area contributed by atoms with E-state index < -0.39 is 0 Å². The average molecular weight is 449 g/mol. The van der Waals surface area contributed by atoms with Crippen molar-refractivity contribution in [3.63, 3.8) is 0 Å². The van der Waals surface area contributed by atoms with Crippen LogP contribution in [-0.4, -0.2) is 55.0 Å². The van der Waals surface area contributed by atoms with E-state index in [4.69, 9.17) is 9.47 Å². The predicted octanol–water partition coefficient (Wildman–Crippen LogP) is 4.20. The quantitative estimate of drug-likeness (QED) is 0.594. The molecule has 2 aliphatic rings. The Morgan fingerprint density at radius 1 is 1.00 bits per heavy atom. The molecular weight excluding hydrogens is 416 g/mol. The molecule has 1 saturated heterocycles. The largest absolute Gasteiger partial charge is 0.497 e. The molecule has 2 aromatic rings. The Morgan fingerprint density at radius 2 is 1.73 bits per heavy atom. The van der Waals surface area contributed by atoms with Crippen molar-refractivity contribution in [3.8, 4) is 11.5 Å². The van der Waals surface area contributed by atoms with Gasteiger partial charge in [-0.2, -0.15) is 0 Å². The Bertz CT molecular complexity index is 1070. The first kappa shape index (κ1) is 22.9. The number of piperidine rings is 1. The lowest BCUT2D eigenvalue weighted by Gasteiger charge is -2.33. The molecule has 1 atom stereocenters. The monoisotopic (exact) mass is 448 g/mol. The van der Waals surface area contributed by atoms with Gasteiger partial charge in [-0.25, -0.2) is 0 Å². The Hall–Kier alpha value is -3.28. The van der Waals surface area contributed by atoms with E-state index in [2.05, 4.69) is 17.9 Å². The molecule has 6 nitrogen and oxygen atoms in total. The van der Waals surface area contributed by atoms with E-state index in [0.717, 1.165) is 48.4 Å². The van der Waals surface area contributed by atoms with Crippen molar-refractivity contribution in [2.75, 3.05) is 33.4 Å². The minimum absolute atomic E-state index is 0.199. The summed E-state index contributed by atoms with van der Waals surface area (Å²) in [5, 5.41) is 0. The van der Waals surface area contributed by atoms with Gasteiger partial charge in [0.1, 0.15) is 23.8 Å². The van der Waals surface area contributed by atoms with Crippen molar-refractivity contribution in [1.29, 1.82) is 0 Å². The predicted molar refractivity (Wildman–Crippen MR) is 128 cm³/mol. The fourth-order valence-corrected chi connectivity index (χ4v) is 4.72. The molecule has 33 heavy (non-hydrogen) atoms. The van der Waals surface area contributed by atoms with Crippen LogP contribution in [0.15, 0.2) is 48.2 Å². The molecule has 0 radical (unpaired) electrons. The molecule has 1 fully saturated rings. The maximum Gasteiger partial charge on any atom is 0.277 e. The molecule has 0 N–H and O–H groups in total. The summed E-state index contributed by atoms with van der Waals surface area (Å²) in [6, 6.07) is 13.3. The van der Waals surface area contributed by atoms with Crippen molar-refractivity contribution in [3.05, 3.63) is 64.9 Å². The molecule has 2 amide bonds. The molecule has 0 saturated carbocycles. The Balaban J connectivity index is 1.58. The second-order valence-corrected chi connectivity index (χ2v) is 9.02. The zero-order valence-electron chi connectivity index (χ0n) is 19.9. The zero-order valence-corrected chi connectivity index (χ0v) is 19.9. The third-order valence-corrected chi connectivity index (χ3v) is 6.41. The van der Waals surface area contributed by atoms with E-state index >= 15 is 0 Å². The number of likely N-dealkylation sites (tertiary alicyclic amines) is 1. The van der Waals surface area contributed by atoms with Gasteiger partial charge in [0.25, 0.3) is 11.8 Å². The molecule has 1 unspecified atom stereocenters. The molecule has 0 aliphatic carbocycles. The highest BCUT2D eigenvalue weighted by Gasteiger charge is 2.42. The summed E-state index contributed by atoms with van der Waals surface area (Å²) in [4.78, 5) is 30.6. The molecule has 4 rings (SSSR count). The van der Waals surface area contributed by atoms with Crippen LogP contribution >= 0.6 is 0 Å². The highest BCUT2D eigenvalue weighted by atomic mass is 16.5. The SMILES string of the molecule is COc1ccc(OCCN2C(=O)C(c3ccc(C)cc3C)=C(N3CCCC(C)C3)C2=O)cc1. The number of imide groups is 1. The molecule has 0 bridgehead atoms. The lowest BCUT2D eigenvalue weighted by Crippen LogP contribution is -2.40. The first-order valence-corrected chi connectivity index (χ1v) is 11.6. The third-order valence-electron chi connectivity index (χ3n) is 6.41. The van der Waals surface area contributed by atoms with Crippen LogP contribution < -0.4 is 9.47 Å². The molecule has 174 valence electrons. The fourth-order valence-electron chi connectivity index (χ4n) is 4.72. The Labute approximate surface area is 195 Å². The Kier molecular flexibility index (Phi) is 6.72. The third kappa shape index (κ3) is 4.75. The number of hydrogen-bond donors (Lipinski definition) is 0. The number of carbonyl (C=O) groups excluding carboxylic acids is 2. The molecular formula is C27H32N2O4. The van der Waals surface area contributed by atoms with Crippen LogP contribution in [0, 0.1) is 19.8 Å². The van der Waals surface area contributed by atoms with Gasteiger partial charge in [0.2, 0.25) is 0 Å². The van der Waals surface area contributed by atoms with E-state index in [9.17, 15) is 9.59 Å². The van der Waals surface area contributed by atoms with Crippen molar-refractivity contribution in [2.45, 2.75) is 33.6 Å². The van der Waals surface area contributed by atoms with Gasteiger partial charge in [0.15, 0.2) is 0 Å². The van der Waals surface area contributed by atoms with Gasteiger partial charge in [0.05, 0.1) is 19.2 Å². The van der Waals surface area contributed by atoms with Gasteiger partial charge in [-0.1, -0.05) is 30.7 Å². The van der Waals surface area contributed by atoms with E-state index in [1.54, 1.807) is 7.11 Å². The van der Waals surface area contributed by atoms with Crippen LogP contribution in [-0.2, 0) is 9.59 Å². The highest BCUT2D eigenvalue weighted by molar-refractivity contribution is 6.35. The number of methoxy groups -OCH3 is 1. The van der Waals surface area contributed by atoms with Crippen molar-refractivity contribution in [2.24, 2.45) is 5.92 Å². The topological polar surface area (TPSA) is 59.1 Å². The number of rotatable bonds is 7. The van der Waals surface area contributed by atoms with Gasteiger partial charge in [0, 0.05) is 13.1 Å². The average Bonchev–Trinajstić information content (AvgIpc) is 3.04. The summed E-state index contributed by atoms with van der Waals surface area (Å²) in [7, 11) is 1.61. The van der Waals surface area contributed by atoms with Crippen LogP contribution in [0.1, 0.15) is 36.5 Å². The van der Waals surface area contributed by atoms with Gasteiger partial charge in [-0.3, -0.25) is 14.5 Å². The molecule has 0 aromatic heterocycles. The Morgan fingerprint density at radius 3 is 2.39 bits per heavy atom. The standard InChI is InChI=1S/C27H32N2O4/c1-18-7-12-23(20(3)16-18)24-25(28-13-5-6-19(2)17-28)27(31)29(26(24)30)14-15-33-22-10-8-21(32-4)9-11-22/h7-12,16,19H,5-6,13-15,17H2,1-4H3. The van der Waals surface area contributed by atoms with E-state index in [1.165, 1.54) is 4.90 Å². The van der Waals surface area contributed by atoms with Crippen LogP contribution in [0.2, 0.25) is 0 Å². The maximum absolute atomic E-state index is 13.6. The van der Waals surface area contributed by atoms with Crippen LogP contribution in [0.25, 0.3) is 5.57 Å². The molecule has 0 spiro atoms. The van der Waals surface area contributed by atoms with Gasteiger partial charge < -0.3 is 14.4 Å². The minimum Gasteiger partial charge on any atom is -0.497 e.